The van der Waals surface area contributed by atoms with Gasteiger partial charge in [-0.3, -0.25) is 9.59 Å². The molecule has 1 aliphatic carbocycles. The number of carbonyl (C=O) groups excluding carboxylic acids is 2. The van der Waals surface area contributed by atoms with E-state index in [0.29, 0.717) is 36.9 Å². The molecule has 1 fully saturated rings. The molecule has 0 radical (unpaired) electrons. The normalized spacial score (nSPS) is 23.6. The number of hydrogen-bond acceptors (Lipinski definition) is 4. The van der Waals surface area contributed by atoms with E-state index in [9.17, 15) is 9.59 Å². The highest BCUT2D eigenvalue weighted by Crippen LogP contribution is 2.36. The standard InChI is InChI=1S/C27H50O4/c1-19(2)11-8-13-21(5)17-30-26(28)24-16-10-15-23(7)25(24)27(29)31-18-22(6)14-9-12-20(3)4/h19-25H,8-18H2,1-7H3. The molecule has 0 saturated heterocycles. The quantitative estimate of drug-likeness (QED) is 0.273. The molecule has 1 saturated carbocycles. The average Bonchev–Trinajstić information content (AvgIpc) is 2.69. The summed E-state index contributed by atoms with van der Waals surface area (Å²) < 4.78 is 11.4. The fraction of sp³-hybridized carbons (Fsp3) is 0.926. The van der Waals surface area contributed by atoms with Crippen LogP contribution in [0.25, 0.3) is 0 Å². The third kappa shape index (κ3) is 11.4. The molecule has 0 aromatic carbocycles. The Hall–Kier alpha value is -1.06. The van der Waals surface area contributed by atoms with Crippen LogP contribution in [0.5, 0.6) is 0 Å². The highest BCUT2D eigenvalue weighted by Gasteiger charge is 2.42. The molecule has 0 aromatic heterocycles. The molecule has 0 heterocycles. The lowest BCUT2D eigenvalue weighted by Crippen LogP contribution is -2.40. The molecule has 1 rings (SSSR count). The van der Waals surface area contributed by atoms with Crippen LogP contribution in [0.1, 0.15) is 106 Å². The lowest BCUT2D eigenvalue weighted by Gasteiger charge is -2.33. The molecule has 5 atom stereocenters. The first-order valence-electron chi connectivity index (χ1n) is 12.9. The smallest absolute Gasteiger partial charge is 0.310 e. The van der Waals surface area contributed by atoms with Gasteiger partial charge in [0.05, 0.1) is 25.0 Å². The molecular formula is C27H50O4. The van der Waals surface area contributed by atoms with Gasteiger partial charge in [0, 0.05) is 0 Å². The van der Waals surface area contributed by atoms with E-state index >= 15 is 0 Å². The Morgan fingerprint density at radius 2 is 1.23 bits per heavy atom. The summed E-state index contributed by atoms with van der Waals surface area (Å²) in [7, 11) is 0. The Kier molecular flexibility index (Phi) is 13.4. The average molecular weight is 439 g/mol. The number of rotatable bonds is 14. The number of ether oxygens (including phenoxy) is 2. The summed E-state index contributed by atoms with van der Waals surface area (Å²) in [5, 5.41) is 0. The summed E-state index contributed by atoms with van der Waals surface area (Å²) in [5.74, 6) is 1.20. The summed E-state index contributed by atoms with van der Waals surface area (Å²) in [6, 6.07) is 0. The molecule has 4 heteroatoms. The molecule has 0 N–H and O–H groups in total. The van der Waals surface area contributed by atoms with Gasteiger partial charge in [0.2, 0.25) is 0 Å². The zero-order valence-corrected chi connectivity index (χ0v) is 21.5. The molecule has 0 spiro atoms. The molecule has 5 unspecified atom stereocenters. The van der Waals surface area contributed by atoms with Crippen molar-refractivity contribution in [2.45, 2.75) is 106 Å². The van der Waals surface area contributed by atoms with E-state index in [1.54, 1.807) is 0 Å². The van der Waals surface area contributed by atoms with Gasteiger partial charge in [-0.15, -0.1) is 0 Å². The van der Waals surface area contributed by atoms with E-state index < -0.39 is 0 Å². The molecule has 0 amide bonds. The second-order valence-electron chi connectivity index (χ2n) is 11.2. The van der Waals surface area contributed by atoms with Gasteiger partial charge in [-0.25, -0.2) is 0 Å². The first-order chi connectivity index (χ1) is 14.6. The molecular weight excluding hydrogens is 388 g/mol. The van der Waals surface area contributed by atoms with Gasteiger partial charge in [-0.05, 0) is 55.3 Å². The van der Waals surface area contributed by atoms with Gasteiger partial charge in [-0.2, -0.15) is 0 Å². The zero-order chi connectivity index (χ0) is 23.4. The molecule has 0 aliphatic heterocycles. The van der Waals surface area contributed by atoms with E-state index in [1.165, 1.54) is 25.7 Å². The van der Waals surface area contributed by atoms with Crippen molar-refractivity contribution in [2.75, 3.05) is 13.2 Å². The third-order valence-corrected chi connectivity index (χ3v) is 6.77. The second kappa shape index (κ2) is 14.9. The maximum absolute atomic E-state index is 12.9. The van der Waals surface area contributed by atoms with Crippen molar-refractivity contribution in [3.63, 3.8) is 0 Å². The molecule has 0 aromatic rings. The topological polar surface area (TPSA) is 52.6 Å². The van der Waals surface area contributed by atoms with Gasteiger partial charge in [0.15, 0.2) is 0 Å². The lowest BCUT2D eigenvalue weighted by atomic mass is 9.72. The fourth-order valence-corrected chi connectivity index (χ4v) is 4.64. The van der Waals surface area contributed by atoms with E-state index in [0.717, 1.165) is 32.1 Å². The monoisotopic (exact) mass is 438 g/mol. The minimum absolute atomic E-state index is 0.165. The maximum Gasteiger partial charge on any atom is 0.310 e. The summed E-state index contributed by atoms with van der Waals surface area (Å²) in [6.45, 7) is 16.2. The minimum atomic E-state index is -0.361. The van der Waals surface area contributed by atoms with Crippen LogP contribution in [-0.4, -0.2) is 25.2 Å². The van der Waals surface area contributed by atoms with Crippen molar-refractivity contribution < 1.29 is 19.1 Å². The molecule has 1 aliphatic rings. The van der Waals surface area contributed by atoms with E-state index in [2.05, 4.69) is 48.5 Å². The Bertz CT molecular complexity index is 513. The predicted octanol–water partition coefficient (Wildman–Crippen LogP) is 7.05. The largest absolute Gasteiger partial charge is 0.465 e. The third-order valence-electron chi connectivity index (χ3n) is 6.77. The Morgan fingerprint density at radius 1 is 0.742 bits per heavy atom. The summed E-state index contributed by atoms with van der Waals surface area (Å²) in [5.41, 5.74) is 0. The number of esters is 2. The Balaban J connectivity index is 2.50. The van der Waals surface area contributed by atoms with Gasteiger partial charge in [0.25, 0.3) is 0 Å². The van der Waals surface area contributed by atoms with Crippen molar-refractivity contribution in [1.29, 1.82) is 0 Å². The first kappa shape index (κ1) is 28.0. The number of carbonyl (C=O) groups is 2. The fourth-order valence-electron chi connectivity index (χ4n) is 4.64. The van der Waals surface area contributed by atoms with Gasteiger partial charge < -0.3 is 9.47 Å². The first-order valence-corrected chi connectivity index (χ1v) is 12.9. The van der Waals surface area contributed by atoms with Crippen LogP contribution >= 0.6 is 0 Å². The maximum atomic E-state index is 12.9. The van der Waals surface area contributed by atoms with Crippen LogP contribution in [0.4, 0.5) is 0 Å². The summed E-state index contributed by atoms with van der Waals surface area (Å²) >= 11 is 0. The Labute approximate surface area is 192 Å². The molecule has 0 bridgehead atoms. The van der Waals surface area contributed by atoms with Crippen molar-refractivity contribution in [1.82, 2.24) is 0 Å². The van der Waals surface area contributed by atoms with Crippen LogP contribution in [0.15, 0.2) is 0 Å². The van der Waals surface area contributed by atoms with E-state index in [4.69, 9.17) is 9.47 Å². The minimum Gasteiger partial charge on any atom is -0.465 e. The highest BCUT2D eigenvalue weighted by molar-refractivity contribution is 5.82. The highest BCUT2D eigenvalue weighted by atomic mass is 16.5. The lowest BCUT2D eigenvalue weighted by molar-refractivity contribution is -0.166. The number of hydrogen-bond donors (Lipinski definition) is 0. The Morgan fingerprint density at radius 3 is 1.71 bits per heavy atom. The molecule has 182 valence electrons. The van der Waals surface area contributed by atoms with Crippen molar-refractivity contribution in [3.8, 4) is 0 Å². The van der Waals surface area contributed by atoms with Crippen LogP contribution in [0.3, 0.4) is 0 Å². The zero-order valence-electron chi connectivity index (χ0n) is 21.5. The van der Waals surface area contributed by atoms with Crippen molar-refractivity contribution in [2.24, 2.45) is 41.4 Å². The summed E-state index contributed by atoms with van der Waals surface area (Å²) in [6.07, 6.45) is 9.58. The SMILES string of the molecule is CC(C)CCCC(C)COC(=O)C1CCCC(C)C1C(=O)OCC(C)CCCC(C)C. The van der Waals surface area contributed by atoms with Crippen molar-refractivity contribution >= 4 is 11.9 Å². The van der Waals surface area contributed by atoms with E-state index in [1.807, 2.05) is 0 Å². The van der Waals surface area contributed by atoms with Gasteiger partial charge in [-0.1, -0.05) is 80.6 Å². The van der Waals surface area contributed by atoms with Gasteiger partial charge >= 0.3 is 11.9 Å². The summed E-state index contributed by atoms with van der Waals surface area (Å²) in [4.78, 5) is 25.8. The van der Waals surface area contributed by atoms with E-state index in [-0.39, 0.29) is 29.7 Å². The van der Waals surface area contributed by atoms with Gasteiger partial charge in [0.1, 0.15) is 0 Å². The predicted molar refractivity (Wildman–Crippen MR) is 128 cm³/mol. The van der Waals surface area contributed by atoms with Crippen LogP contribution in [0.2, 0.25) is 0 Å². The van der Waals surface area contributed by atoms with Crippen LogP contribution in [-0.2, 0) is 19.1 Å². The molecule has 4 nitrogen and oxygen atoms in total. The van der Waals surface area contributed by atoms with Crippen LogP contribution in [0, 0.1) is 41.4 Å². The van der Waals surface area contributed by atoms with Crippen molar-refractivity contribution in [3.05, 3.63) is 0 Å². The second-order valence-corrected chi connectivity index (χ2v) is 11.2. The molecule has 31 heavy (non-hydrogen) atoms. The van der Waals surface area contributed by atoms with Crippen LogP contribution < -0.4 is 0 Å².